The van der Waals surface area contributed by atoms with Crippen LogP contribution in [-0.2, 0) is 9.59 Å². The van der Waals surface area contributed by atoms with Gasteiger partial charge in [0.1, 0.15) is 6.17 Å². The van der Waals surface area contributed by atoms with Crippen molar-refractivity contribution in [1.29, 1.82) is 0 Å². The van der Waals surface area contributed by atoms with Gasteiger partial charge in [-0.3, -0.25) is 9.59 Å². The molecule has 1 heterocycles. The molecule has 1 N–H and O–H groups in total. The predicted octanol–water partition coefficient (Wildman–Crippen LogP) is 2.23. The first-order chi connectivity index (χ1) is 9.53. The summed E-state index contributed by atoms with van der Waals surface area (Å²) in [5, 5.41) is 9.53. The molecule has 2 aliphatic carbocycles. The van der Waals surface area contributed by atoms with Gasteiger partial charge in [0, 0.05) is 19.0 Å². The van der Waals surface area contributed by atoms with Crippen LogP contribution >= 0.6 is 0 Å². The molecule has 0 radical (unpaired) electrons. The highest BCUT2D eigenvalue weighted by Crippen LogP contribution is 2.49. The first-order valence-electron chi connectivity index (χ1n) is 7.69. The summed E-state index contributed by atoms with van der Waals surface area (Å²) in [6, 6.07) is 0. The molecule has 112 valence electrons. The lowest BCUT2D eigenvalue weighted by Gasteiger charge is -2.29. The van der Waals surface area contributed by atoms with Gasteiger partial charge in [-0.25, -0.2) is 4.39 Å². The van der Waals surface area contributed by atoms with E-state index in [1.165, 1.54) is 0 Å². The number of carboxylic acid groups (broad SMARTS) is 1. The monoisotopic (exact) mass is 283 g/mol. The molecule has 2 saturated carbocycles. The third kappa shape index (κ3) is 2.11. The van der Waals surface area contributed by atoms with Crippen LogP contribution < -0.4 is 0 Å². The van der Waals surface area contributed by atoms with E-state index in [1.54, 1.807) is 4.90 Å². The zero-order valence-corrected chi connectivity index (χ0v) is 11.7. The first kappa shape index (κ1) is 13.8. The minimum Gasteiger partial charge on any atom is -0.481 e. The Morgan fingerprint density at radius 1 is 1.20 bits per heavy atom. The number of amides is 1. The maximum absolute atomic E-state index is 13.5. The Morgan fingerprint density at radius 3 is 2.65 bits per heavy atom. The van der Waals surface area contributed by atoms with Crippen LogP contribution in [-0.4, -0.2) is 41.1 Å². The van der Waals surface area contributed by atoms with Gasteiger partial charge in [0.05, 0.1) is 5.41 Å². The Bertz CT molecular complexity index is 427. The van der Waals surface area contributed by atoms with Crippen molar-refractivity contribution in [3.05, 3.63) is 0 Å². The molecule has 3 rings (SSSR count). The van der Waals surface area contributed by atoms with Crippen molar-refractivity contribution >= 4 is 11.9 Å². The lowest BCUT2D eigenvalue weighted by molar-refractivity contribution is -0.149. The lowest BCUT2D eigenvalue weighted by atomic mass is 9.81. The molecule has 3 fully saturated rings. The molecule has 0 bridgehead atoms. The second-order valence-corrected chi connectivity index (χ2v) is 6.73. The molecule has 1 saturated heterocycles. The average molecular weight is 283 g/mol. The Labute approximate surface area is 118 Å². The zero-order chi connectivity index (χ0) is 14.3. The maximum atomic E-state index is 13.5. The van der Waals surface area contributed by atoms with Gasteiger partial charge in [-0.15, -0.1) is 0 Å². The molecule has 1 aliphatic heterocycles. The first-order valence-corrected chi connectivity index (χ1v) is 7.69. The zero-order valence-electron chi connectivity index (χ0n) is 11.7. The minimum absolute atomic E-state index is 0.0117. The topological polar surface area (TPSA) is 57.6 Å². The van der Waals surface area contributed by atoms with E-state index in [0.29, 0.717) is 32.4 Å². The summed E-state index contributed by atoms with van der Waals surface area (Å²) in [4.78, 5) is 25.8. The minimum atomic E-state index is -0.867. The molecule has 3 aliphatic rings. The van der Waals surface area contributed by atoms with E-state index in [-0.39, 0.29) is 17.7 Å². The van der Waals surface area contributed by atoms with Crippen molar-refractivity contribution in [1.82, 2.24) is 4.90 Å². The van der Waals surface area contributed by atoms with Crippen LogP contribution in [0.4, 0.5) is 4.39 Å². The SMILES string of the molecule is O=C(C1CCCC(F)C1)N1C[C@@H]2CCC[C@@]2(C(=O)O)C1. The van der Waals surface area contributed by atoms with Gasteiger partial charge < -0.3 is 10.0 Å². The number of alkyl halides is 1. The van der Waals surface area contributed by atoms with Gasteiger partial charge in [0.25, 0.3) is 0 Å². The van der Waals surface area contributed by atoms with E-state index in [2.05, 4.69) is 0 Å². The third-order valence-corrected chi connectivity index (χ3v) is 5.57. The lowest BCUT2D eigenvalue weighted by Crippen LogP contribution is -2.40. The summed E-state index contributed by atoms with van der Waals surface area (Å²) in [5.74, 6) is -0.915. The van der Waals surface area contributed by atoms with Gasteiger partial charge >= 0.3 is 5.97 Å². The van der Waals surface area contributed by atoms with Crippen molar-refractivity contribution in [2.24, 2.45) is 17.3 Å². The number of fused-ring (bicyclic) bond motifs is 1. The number of hydrogen-bond donors (Lipinski definition) is 1. The van der Waals surface area contributed by atoms with Crippen LogP contribution in [0, 0.1) is 17.3 Å². The summed E-state index contributed by atoms with van der Waals surface area (Å²) < 4.78 is 13.5. The van der Waals surface area contributed by atoms with E-state index in [1.807, 2.05) is 0 Å². The van der Waals surface area contributed by atoms with Gasteiger partial charge in [0.15, 0.2) is 0 Å². The Hall–Kier alpha value is -1.13. The second-order valence-electron chi connectivity index (χ2n) is 6.73. The van der Waals surface area contributed by atoms with Crippen molar-refractivity contribution in [3.8, 4) is 0 Å². The predicted molar refractivity (Wildman–Crippen MR) is 70.8 cm³/mol. The summed E-state index contributed by atoms with van der Waals surface area (Å²) in [6.45, 7) is 0.887. The molecule has 0 spiro atoms. The average Bonchev–Trinajstić information content (AvgIpc) is 2.95. The summed E-state index contributed by atoms with van der Waals surface area (Å²) >= 11 is 0. The quantitative estimate of drug-likeness (QED) is 0.845. The molecular weight excluding hydrogens is 261 g/mol. The summed E-state index contributed by atoms with van der Waals surface area (Å²) in [5.41, 5.74) is -0.723. The van der Waals surface area contributed by atoms with E-state index < -0.39 is 17.6 Å². The fourth-order valence-electron chi connectivity index (χ4n) is 4.42. The van der Waals surface area contributed by atoms with Crippen LogP contribution in [0.2, 0.25) is 0 Å². The fraction of sp³-hybridized carbons (Fsp3) is 0.867. The second kappa shape index (κ2) is 5.01. The van der Waals surface area contributed by atoms with E-state index in [4.69, 9.17) is 0 Å². The van der Waals surface area contributed by atoms with Crippen molar-refractivity contribution < 1.29 is 19.1 Å². The van der Waals surface area contributed by atoms with Crippen molar-refractivity contribution in [3.63, 3.8) is 0 Å². The highest BCUT2D eigenvalue weighted by molar-refractivity contribution is 5.83. The fourth-order valence-corrected chi connectivity index (χ4v) is 4.42. The van der Waals surface area contributed by atoms with Gasteiger partial charge in [-0.1, -0.05) is 6.42 Å². The van der Waals surface area contributed by atoms with Crippen LogP contribution in [0.1, 0.15) is 44.9 Å². The van der Waals surface area contributed by atoms with E-state index in [9.17, 15) is 19.1 Å². The normalized spacial score (nSPS) is 40.6. The smallest absolute Gasteiger partial charge is 0.311 e. The molecule has 1 amide bonds. The third-order valence-electron chi connectivity index (χ3n) is 5.57. The van der Waals surface area contributed by atoms with Gasteiger partial charge in [-0.05, 0) is 44.4 Å². The number of rotatable bonds is 2. The Morgan fingerprint density at radius 2 is 2.00 bits per heavy atom. The summed E-state index contributed by atoms with van der Waals surface area (Å²) in [6.07, 6.45) is 4.03. The number of carbonyl (C=O) groups excluding carboxylic acids is 1. The number of likely N-dealkylation sites (tertiary alicyclic amines) is 1. The molecule has 4 atom stereocenters. The molecule has 0 aromatic heterocycles. The molecule has 20 heavy (non-hydrogen) atoms. The van der Waals surface area contributed by atoms with Crippen LogP contribution in [0.25, 0.3) is 0 Å². The largest absolute Gasteiger partial charge is 0.481 e. The molecule has 4 nitrogen and oxygen atoms in total. The van der Waals surface area contributed by atoms with Crippen LogP contribution in [0.3, 0.4) is 0 Å². The van der Waals surface area contributed by atoms with Crippen molar-refractivity contribution in [2.75, 3.05) is 13.1 Å². The highest BCUT2D eigenvalue weighted by Gasteiger charge is 2.56. The molecule has 5 heteroatoms. The molecule has 0 aromatic rings. The number of nitrogens with zero attached hydrogens (tertiary/aromatic N) is 1. The highest BCUT2D eigenvalue weighted by atomic mass is 19.1. The summed E-state index contributed by atoms with van der Waals surface area (Å²) in [7, 11) is 0. The van der Waals surface area contributed by atoms with Crippen LogP contribution in [0.15, 0.2) is 0 Å². The number of hydrogen-bond acceptors (Lipinski definition) is 2. The van der Waals surface area contributed by atoms with E-state index >= 15 is 0 Å². The Kier molecular flexibility index (Phi) is 3.46. The Balaban J connectivity index is 1.70. The molecule has 0 aromatic carbocycles. The molecular formula is C15H22FNO3. The van der Waals surface area contributed by atoms with Gasteiger partial charge in [-0.2, -0.15) is 0 Å². The molecule has 2 unspecified atom stereocenters. The number of aliphatic carboxylic acids is 1. The van der Waals surface area contributed by atoms with Crippen LogP contribution in [0.5, 0.6) is 0 Å². The van der Waals surface area contributed by atoms with Gasteiger partial charge in [0.2, 0.25) is 5.91 Å². The number of carbonyl (C=O) groups is 2. The number of carboxylic acids is 1. The van der Waals surface area contributed by atoms with Crippen molar-refractivity contribution in [2.45, 2.75) is 51.1 Å². The maximum Gasteiger partial charge on any atom is 0.311 e. The van der Waals surface area contributed by atoms with E-state index in [0.717, 1.165) is 25.7 Å². The number of halogens is 1. The standard InChI is InChI=1S/C15H22FNO3/c16-12-5-1-3-10(7-12)13(18)17-8-11-4-2-6-15(11,9-17)14(19)20/h10-12H,1-9H2,(H,19,20)/t10?,11-,12?,15+/m0/s1.